The van der Waals surface area contributed by atoms with Crippen molar-refractivity contribution in [2.24, 2.45) is 0 Å². The quantitative estimate of drug-likeness (QED) is 0.693. The van der Waals surface area contributed by atoms with Crippen LogP contribution in [0.5, 0.6) is 0 Å². The van der Waals surface area contributed by atoms with Gasteiger partial charge in [0.1, 0.15) is 6.29 Å². The summed E-state index contributed by atoms with van der Waals surface area (Å²) in [5, 5.41) is 0. The minimum atomic E-state index is 0.0352. The highest BCUT2D eigenvalue weighted by molar-refractivity contribution is 5.80. The SMILES string of the molecule is Cc1ccc(-c2cc(C=O)cc(C(C)(C)C)c2)cc1C. The van der Waals surface area contributed by atoms with E-state index in [-0.39, 0.29) is 5.41 Å². The number of benzene rings is 2. The molecule has 0 saturated carbocycles. The van der Waals surface area contributed by atoms with Crippen molar-refractivity contribution in [3.8, 4) is 11.1 Å². The van der Waals surface area contributed by atoms with Gasteiger partial charge in [-0.3, -0.25) is 4.79 Å². The molecule has 0 heterocycles. The van der Waals surface area contributed by atoms with Crippen molar-refractivity contribution >= 4 is 6.29 Å². The van der Waals surface area contributed by atoms with Gasteiger partial charge < -0.3 is 0 Å². The molecule has 0 aliphatic carbocycles. The van der Waals surface area contributed by atoms with E-state index in [2.05, 4.69) is 58.9 Å². The lowest BCUT2D eigenvalue weighted by atomic mass is 9.84. The number of aldehydes is 1. The maximum atomic E-state index is 11.2. The Labute approximate surface area is 121 Å². The second-order valence-corrected chi connectivity index (χ2v) is 6.51. The molecule has 0 atom stereocenters. The molecule has 0 saturated heterocycles. The van der Waals surface area contributed by atoms with Crippen molar-refractivity contribution in [2.75, 3.05) is 0 Å². The third-order valence-electron chi connectivity index (χ3n) is 3.80. The first-order valence-corrected chi connectivity index (χ1v) is 6.99. The fourth-order valence-electron chi connectivity index (χ4n) is 2.24. The Bertz CT molecular complexity index is 645. The summed E-state index contributed by atoms with van der Waals surface area (Å²) in [5.41, 5.74) is 6.81. The van der Waals surface area contributed by atoms with Gasteiger partial charge in [-0.05, 0) is 59.2 Å². The van der Waals surface area contributed by atoms with Crippen LogP contribution in [0.4, 0.5) is 0 Å². The summed E-state index contributed by atoms with van der Waals surface area (Å²) in [4.78, 5) is 11.2. The third-order valence-corrected chi connectivity index (χ3v) is 3.80. The zero-order valence-electron chi connectivity index (χ0n) is 12.9. The molecular formula is C19H22O. The van der Waals surface area contributed by atoms with Crippen LogP contribution in [0.25, 0.3) is 11.1 Å². The Morgan fingerprint density at radius 3 is 2.10 bits per heavy atom. The van der Waals surface area contributed by atoms with Gasteiger partial charge in [0.2, 0.25) is 0 Å². The van der Waals surface area contributed by atoms with Gasteiger partial charge in [0.15, 0.2) is 0 Å². The summed E-state index contributed by atoms with van der Waals surface area (Å²) in [6, 6.07) is 12.6. The molecule has 104 valence electrons. The smallest absolute Gasteiger partial charge is 0.150 e. The number of hydrogen-bond donors (Lipinski definition) is 0. The first kappa shape index (κ1) is 14.5. The van der Waals surface area contributed by atoms with Crippen molar-refractivity contribution in [1.82, 2.24) is 0 Å². The minimum absolute atomic E-state index is 0.0352. The Morgan fingerprint density at radius 2 is 1.55 bits per heavy atom. The van der Waals surface area contributed by atoms with E-state index < -0.39 is 0 Å². The van der Waals surface area contributed by atoms with E-state index in [1.807, 2.05) is 12.1 Å². The topological polar surface area (TPSA) is 17.1 Å². The van der Waals surface area contributed by atoms with Crippen LogP contribution in [0, 0.1) is 13.8 Å². The van der Waals surface area contributed by atoms with E-state index in [1.54, 1.807) is 0 Å². The first-order chi connectivity index (χ1) is 9.31. The van der Waals surface area contributed by atoms with Gasteiger partial charge in [0.25, 0.3) is 0 Å². The maximum Gasteiger partial charge on any atom is 0.150 e. The second-order valence-electron chi connectivity index (χ2n) is 6.51. The minimum Gasteiger partial charge on any atom is -0.298 e. The Balaban J connectivity index is 2.61. The van der Waals surface area contributed by atoms with Crippen LogP contribution in [-0.2, 0) is 5.41 Å². The highest BCUT2D eigenvalue weighted by Gasteiger charge is 2.15. The van der Waals surface area contributed by atoms with Gasteiger partial charge >= 0.3 is 0 Å². The van der Waals surface area contributed by atoms with Gasteiger partial charge in [0, 0.05) is 5.56 Å². The van der Waals surface area contributed by atoms with Crippen LogP contribution < -0.4 is 0 Å². The molecule has 0 N–H and O–H groups in total. The van der Waals surface area contributed by atoms with Crippen molar-refractivity contribution in [1.29, 1.82) is 0 Å². The monoisotopic (exact) mass is 266 g/mol. The summed E-state index contributed by atoms with van der Waals surface area (Å²) in [6.45, 7) is 10.7. The van der Waals surface area contributed by atoms with E-state index >= 15 is 0 Å². The Hall–Kier alpha value is -1.89. The van der Waals surface area contributed by atoms with Crippen molar-refractivity contribution < 1.29 is 4.79 Å². The van der Waals surface area contributed by atoms with E-state index in [0.717, 1.165) is 17.4 Å². The maximum absolute atomic E-state index is 11.2. The molecule has 2 rings (SSSR count). The first-order valence-electron chi connectivity index (χ1n) is 6.99. The zero-order chi connectivity index (χ0) is 14.9. The van der Waals surface area contributed by atoms with Crippen molar-refractivity contribution in [3.05, 3.63) is 58.7 Å². The van der Waals surface area contributed by atoms with E-state index in [4.69, 9.17) is 0 Å². The summed E-state index contributed by atoms with van der Waals surface area (Å²) >= 11 is 0. The van der Waals surface area contributed by atoms with Crippen LogP contribution in [0.3, 0.4) is 0 Å². The van der Waals surface area contributed by atoms with Gasteiger partial charge in [-0.2, -0.15) is 0 Å². The normalized spacial score (nSPS) is 11.4. The van der Waals surface area contributed by atoms with Gasteiger partial charge in [0.05, 0.1) is 0 Å². The number of carbonyl (C=O) groups excluding carboxylic acids is 1. The van der Waals surface area contributed by atoms with E-state index in [9.17, 15) is 4.79 Å². The van der Waals surface area contributed by atoms with Crippen LogP contribution in [-0.4, -0.2) is 6.29 Å². The van der Waals surface area contributed by atoms with Gasteiger partial charge in [-0.25, -0.2) is 0 Å². The second kappa shape index (κ2) is 5.24. The molecule has 1 heteroatoms. The van der Waals surface area contributed by atoms with Crippen LogP contribution >= 0.6 is 0 Å². The van der Waals surface area contributed by atoms with E-state index in [0.29, 0.717) is 0 Å². The Morgan fingerprint density at radius 1 is 0.850 bits per heavy atom. The van der Waals surface area contributed by atoms with Gasteiger partial charge in [-0.15, -0.1) is 0 Å². The standard InChI is InChI=1S/C19H22O/c1-13-6-7-16(8-14(13)2)17-9-15(12-20)10-18(11-17)19(3,4)5/h6-12H,1-5H3. The fraction of sp³-hybridized carbons (Fsp3) is 0.316. The lowest BCUT2D eigenvalue weighted by Gasteiger charge is -2.21. The van der Waals surface area contributed by atoms with Crippen LogP contribution in [0.2, 0.25) is 0 Å². The Kier molecular flexibility index (Phi) is 3.80. The average molecular weight is 266 g/mol. The number of aryl methyl sites for hydroxylation is 2. The summed E-state index contributed by atoms with van der Waals surface area (Å²) in [6.07, 6.45) is 0.930. The molecule has 0 bridgehead atoms. The molecule has 0 radical (unpaired) electrons. The largest absolute Gasteiger partial charge is 0.298 e. The number of hydrogen-bond acceptors (Lipinski definition) is 1. The average Bonchev–Trinajstić information content (AvgIpc) is 2.40. The molecule has 0 fully saturated rings. The molecule has 0 spiro atoms. The summed E-state index contributed by atoms with van der Waals surface area (Å²) in [7, 11) is 0. The fourth-order valence-corrected chi connectivity index (χ4v) is 2.24. The number of rotatable bonds is 2. The van der Waals surface area contributed by atoms with Crippen molar-refractivity contribution in [2.45, 2.75) is 40.0 Å². The third kappa shape index (κ3) is 2.98. The molecule has 2 aromatic carbocycles. The van der Waals surface area contributed by atoms with Gasteiger partial charge in [-0.1, -0.05) is 45.0 Å². The molecule has 0 amide bonds. The predicted octanol–water partition coefficient (Wildman–Crippen LogP) is 5.08. The molecule has 20 heavy (non-hydrogen) atoms. The predicted molar refractivity (Wildman–Crippen MR) is 85.4 cm³/mol. The highest BCUT2D eigenvalue weighted by atomic mass is 16.1. The molecule has 1 nitrogen and oxygen atoms in total. The number of carbonyl (C=O) groups is 1. The summed E-state index contributed by atoms with van der Waals surface area (Å²) in [5.74, 6) is 0. The molecule has 0 aromatic heterocycles. The molecule has 0 aliphatic rings. The van der Waals surface area contributed by atoms with Crippen molar-refractivity contribution in [3.63, 3.8) is 0 Å². The van der Waals surface area contributed by atoms with Crippen LogP contribution in [0.1, 0.15) is 47.8 Å². The lowest BCUT2D eigenvalue weighted by molar-refractivity contribution is 0.112. The van der Waals surface area contributed by atoms with Crippen LogP contribution in [0.15, 0.2) is 36.4 Å². The summed E-state index contributed by atoms with van der Waals surface area (Å²) < 4.78 is 0. The molecule has 0 aliphatic heterocycles. The molecule has 0 unspecified atom stereocenters. The highest BCUT2D eigenvalue weighted by Crippen LogP contribution is 2.29. The molecular weight excluding hydrogens is 244 g/mol. The molecule has 2 aromatic rings. The lowest BCUT2D eigenvalue weighted by Crippen LogP contribution is -2.11. The van der Waals surface area contributed by atoms with E-state index in [1.165, 1.54) is 22.3 Å². The zero-order valence-corrected chi connectivity index (χ0v) is 12.9.